The van der Waals surface area contributed by atoms with Gasteiger partial charge in [-0.1, -0.05) is 12.1 Å². The maximum atomic E-state index is 8.91. The van der Waals surface area contributed by atoms with E-state index in [1.54, 1.807) is 6.20 Å². The number of nitroso groups, excluding NO2 is 1. The summed E-state index contributed by atoms with van der Waals surface area (Å²) in [6.45, 7) is 3.78. The molecule has 3 aromatic rings. The van der Waals surface area contributed by atoms with Gasteiger partial charge in [0.1, 0.15) is 11.1 Å². The lowest BCUT2D eigenvalue weighted by molar-refractivity contribution is 0.157. The van der Waals surface area contributed by atoms with Crippen LogP contribution in [0.25, 0.3) is 10.8 Å². The minimum atomic E-state index is 0. The molecule has 0 bridgehead atoms. The number of nitrogens with one attached hydrogen (secondary N) is 2. The Kier molecular flexibility index (Phi) is 22.2. The van der Waals surface area contributed by atoms with E-state index in [-0.39, 0.29) is 17.1 Å². The largest absolute Gasteiger partial charge is 0.477 e. The number of nitrogens with zero attached hydrogens (tertiary/aromatic N) is 7. The van der Waals surface area contributed by atoms with Crippen molar-refractivity contribution in [3.05, 3.63) is 59.3 Å². The summed E-state index contributed by atoms with van der Waals surface area (Å²) in [5.41, 5.74) is 13.9. The lowest BCUT2D eigenvalue weighted by atomic mass is 9.98. The fourth-order valence-corrected chi connectivity index (χ4v) is 4.18. The molecular weight excluding hydrogens is 701 g/mol. The molecule has 0 aliphatic carbocycles. The molecule has 0 spiro atoms. The first kappa shape index (κ1) is 43.3. The topological polar surface area (TPSA) is 167 Å². The van der Waals surface area contributed by atoms with Gasteiger partial charge < -0.3 is 20.7 Å². The van der Waals surface area contributed by atoms with Gasteiger partial charge in [-0.15, -0.1) is 17.8 Å². The minimum Gasteiger partial charge on any atom is -0.477 e. The predicted molar refractivity (Wildman–Crippen MR) is 242 cm³/mol. The quantitative estimate of drug-likeness (QED) is 0.0912. The number of hydrogen-bond donors (Lipinski definition) is 3. The Morgan fingerprint density at radius 2 is 1.38 bits per heavy atom. The molecule has 12 nitrogen and oxygen atoms in total. The van der Waals surface area contributed by atoms with Crippen molar-refractivity contribution < 1.29 is 21.9 Å². The molecule has 0 amide bonds. The monoisotopic (exact) mass is 754 g/mol. The fourth-order valence-electron chi connectivity index (χ4n) is 4.18. The number of benzene rings is 1. The number of aromatic nitrogens is 2. The number of fused-ring (bicyclic) bond motifs is 1. The Hall–Kier alpha value is -8.90. The second kappa shape index (κ2) is 28.8. The molecule has 0 saturated carbocycles. The smallest absolute Gasteiger partial charge is 0.213 e. The standard InChI is InChI=1S/C22H27N5O.C22H2.HN5O.12H2/c1-27-10-7-16(8-11-27)15-28-21-5-3-19(14-26-21)25-13-17-2-4-20-18(12-17)6-9-24-22(20)23;1-3-5-7-9-11-13-15-17-19-21-22-20-18-16-14-12-10-8-6-4-2;1-2-3-4-5-6;;;;;;;;;;;;/h2-6,9,12,14,16,25H,7-8,10-11,13,15H2,1H3,(H2,23,24);1-2H;1H;12*1H/b;;2-1?,4-3+;;;;;;;;;;;;. The van der Waals surface area contributed by atoms with Gasteiger partial charge in [0.25, 0.3) is 0 Å². The first-order chi connectivity index (χ1) is 27.5. The third kappa shape index (κ3) is 20.1. The highest BCUT2D eigenvalue weighted by Crippen LogP contribution is 2.21. The van der Waals surface area contributed by atoms with E-state index in [2.05, 4.69) is 173 Å². The number of likely N-dealkylation sites (tertiary alicyclic amines) is 1. The van der Waals surface area contributed by atoms with Crippen molar-refractivity contribution in [2.24, 2.45) is 26.9 Å². The average Bonchev–Trinajstić information content (AvgIpc) is 3.22. The first-order valence-corrected chi connectivity index (χ1v) is 16.1. The molecule has 1 aliphatic heterocycles. The highest BCUT2D eigenvalue weighted by Gasteiger charge is 2.17. The summed E-state index contributed by atoms with van der Waals surface area (Å²) >= 11 is 0. The second-order valence-corrected chi connectivity index (χ2v) is 10.4. The molecule has 1 fully saturated rings. The maximum absolute atomic E-state index is 8.91. The zero-order valence-corrected chi connectivity index (χ0v) is 30.1. The zero-order chi connectivity index (χ0) is 40.3. The lowest BCUT2D eigenvalue weighted by Gasteiger charge is -2.28. The Morgan fingerprint density at radius 1 is 0.821 bits per heavy atom. The van der Waals surface area contributed by atoms with Crippen LogP contribution in [-0.2, 0) is 6.54 Å². The van der Waals surface area contributed by atoms with E-state index in [9.17, 15) is 0 Å². The number of ether oxygens (including phenoxy) is 1. The van der Waals surface area contributed by atoms with Crippen molar-refractivity contribution in [3.63, 3.8) is 0 Å². The van der Waals surface area contributed by atoms with Gasteiger partial charge in [-0.3, -0.25) is 0 Å². The molecule has 292 valence electrons. The Bertz CT molecular complexity index is 2490. The van der Waals surface area contributed by atoms with Crippen LogP contribution >= 0.6 is 0 Å². The Balaban J connectivity index is -0.0000000831. The van der Waals surface area contributed by atoms with Crippen molar-refractivity contribution >= 4 is 22.3 Å². The van der Waals surface area contributed by atoms with E-state index in [0.717, 1.165) is 42.7 Å². The Labute approximate surface area is 344 Å². The van der Waals surface area contributed by atoms with Gasteiger partial charge in [0.05, 0.1) is 18.5 Å². The van der Waals surface area contributed by atoms with Gasteiger partial charge >= 0.3 is 0 Å². The number of terminal acetylenes is 2. The molecule has 4 rings (SSSR count). The van der Waals surface area contributed by atoms with Crippen molar-refractivity contribution in [2.75, 3.05) is 37.8 Å². The van der Waals surface area contributed by atoms with E-state index in [0.29, 0.717) is 17.6 Å². The first-order valence-electron chi connectivity index (χ1n) is 16.1. The summed E-state index contributed by atoms with van der Waals surface area (Å²) in [6, 6.07) is 12.1. The van der Waals surface area contributed by atoms with Gasteiger partial charge in [-0.05, 0) is 173 Å². The molecular formula is C44H54N10O2. The van der Waals surface area contributed by atoms with E-state index < -0.39 is 0 Å². The number of rotatable bonds is 8. The molecule has 12 heteroatoms. The SMILES string of the molecule is C#CC#CC#CC#CC#CC#CC#CC#CC#CC#CC#C.CN1CCC(COc2ccc(NCc3ccc4c(N)nccc4c3)cn2)CC1.N=N/N=N/N=O.[HH].[HH].[HH].[HH].[HH].[HH].[HH].[HH].[HH].[HH].[HH].[HH]. The van der Waals surface area contributed by atoms with Crippen LogP contribution in [0, 0.1) is 148 Å². The predicted octanol–water partition coefficient (Wildman–Crippen LogP) is 7.85. The van der Waals surface area contributed by atoms with Gasteiger partial charge in [0.15, 0.2) is 0 Å². The van der Waals surface area contributed by atoms with E-state index in [4.69, 9.17) is 33.8 Å². The fraction of sp³-hybridized carbons (Fsp3) is 0.182. The molecule has 0 radical (unpaired) electrons. The van der Waals surface area contributed by atoms with Crippen LogP contribution in [0.5, 0.6) is 5.88 Å². The van der Waals surface area contributed by atoms with Crippen molar-refractivity contribution in [1.82, 2.24) is 14.9 Å². The summed E-state index contributed by atoms with van der Waals surface area (Å²) in [7, 11) is 2.18. The molecule has 56 heavy (non-hydrogen) atoms. The molecule has 1 saturated heterocycles. The summed E-state index contributed by atoms with van der Waals surface area (Å²) in [5, 5.41) is 14.7. The second-order valence-electron chi connectivity index (χ2n) is 10.4. The maximum Gasteiger partial charge on any atom is 0.213 e. The Morgan fingerprint density at radius 3 is 1.84 bits per heavy atom. The average molecular weight is 755 g/mol. The lowest BCUT2D eigenvalue weighted by Crippen LogP contribution is -2.32. The normalized spacial score (nSPS) is 10.2. The summed E-state index contributed by atoms with van der Waals surface area (Å²) in [5.74, 6) is 50.1. The molecule has 4 N–H and O–H groups in total. The highest BCUT2D eigenvalue weighted by atomic mass is 16.5. The highest BCUT2D eigenvalue weighted by molar-refractivity contribution is 5.91. The molecule has 1 aliphatic rings. The number of pyridine rings is 2. The van der Waals surface area contributed by atoms with Gasteiger partial charge in [-0.25, -0.2) is 9.97 Å². The third-order valence-corrected chi connectivity index (χ3v) is 6.73. The van der Waals surface area contributed by atoms with Crippen LogP contribution in [0.15, 0.2) is 69.7 Å². The van der Waals surface area contributed by atoms with Crippen LogP contribution in [0.1, 0.15) is 35.5 Å². The van der Waals surface area contributed by atoms with Crippen molar-refractivity contribution in [3.8, 4) is 137 Å². The number of nitrogens with two attached hydrogens (primary N) is 1. The summed E-state index contributed by atoms with van der Waals surface area (Å²) < 4.78 is 5.88. The number of anilines is 2. The van der Waals surface area contributed by atoms with Crippen molar-refractivity contribution in [1.29, 1.82) is 5.53 Å². The molecule has 3 heterocycles. The molecule has 1 aromatic carbocycles. The number of piperidine rings is 1. The van der Waals surface area contributed by atoms with Crippen LogP contribution < -0.4 is 15.8 Å². The molecule has 0 atom stereocenters. The number of nitrogen functional groups attached to an aromatic ring is 1. The zero-order valence-electron chi connectivity index (χ0n) is 30.1. The minimum absolute atomic E-state index is 0. The van der Waals surface area contributed by atoms with Gasteiger partial charge in [-0.2, -0.15) is 5.53 Å². The van der Waals surface area contributed by atoms with Crippen LogP contribution in [0.2, 0.25) is 0 Å². The van der Waals surface area contributed by atoms with Crippen molar-refractivity contribution in [2.45, 2.75) is 19.4 Å². The van der Waals surface area contributed by atoms with Crippen LogP contribution in [0.4, 0.5) is 11.5 Å². The van der Waals surface area contributed by atoms with Gasteiger partial charge in [0, 0.05) is 70.2 Å². The van der Waals surface area contributed by atoms with Crippen LogP contribution in [-0.4, -0.2) is 41.6 Å². The van der Waals surface area contributed by atoms with E-state index >= 15 is 0 Å². The number of hydrogen-bond acceptors (Lipinski definition) is 8. The van der Waals surface area contributed by atoms with E-state index in [1.165, 1.54) is 18.4 Å². The third-order valence-electron chi connectivity index (χ3n) is 6.73. The van der Waals surface area contributed by atoms with Gasteiger partial charge in [0.2, 0.25) is 5.88 Å². The molecule has 2 aromatic heterocycles. The summed E-state index contributed by atoms with van der Waals surface area (Å²) in [6.07, 6.45) is 15.8. The van der Waals surface area contributed by atoms with Crippen LogP contribution in [0.3, 0.4) is 0 Å². The molecule has 0 unspecified atom stereocenters. The van der Waals surface area contributed by atoms with E-state index in [1.807, 2.05) is 35.7 Å². The summed E-state index contributed by atoms with van der Waals surface area (Å²) in [4.78, 5) is 19.8.